The Balaban J connectivity index is 1.50. The fraction of sp³-hybridized carbons (Fsp3) is 0.364. The van der Waals surface area contributed by atoms with Crippen molar-refractivity contribution in [2.75, 3.05) is 27.2 Å². The monoisotopic (exact) mass is 407 g/mol. The first-order chi connectivity index (χ1) is 14.4. The number of hydrogen-bond donors (Lipinski definition) is 0. The molecular weight excluding hydrogens is 382 g/mol. The number of furan rings is 1. The van der Waals surface area contributed by atoms with E-state index < -0.39 is 0 Å². The normalized spacial score (nSPS) is 15.2. The van der Waals surface area contributed by atoms with Crippen molar-refractivity contribution < 1.29 is 14.0 Å². The van der Waals surface area contributed by atoms with Gasteiger partial charge in [-0.15, -0.1) is 5.10 Å². The first-order valence-corrected chi connectivity index (χ1v) is 10.00. The number of aromatic nitrogens is 3. The number of amides is 2. The van der Waals surface area contributed by atoms with Gasteiger partial charge in [0.15, 0.2) is 5.76 Å². The molecule has 8 heteroatoms. The zero-order chi connectivity index (χ0) is 21.3. The van der Waals surface area contributed by atoms with Gasteiger partial charge < -0.3 is 14.2 Å². The summed E-state index contributed by atoms with van der Waals surface area (Å²) in [5.74, 6) is 0.0904. The molecule has 2 aromatic heterocycles. The van der Waals surface area contributed by atoms with Gasteiger partial charge in [-0.2, -0.15) is 0 Å². The number of benzene rings is 1. The molecule has 0 saturated carbocycles. The Kier molecular flexibility index (Phi) is 5.39. The van der Waals surface area contributed by atoms with Crippen molar-refractivity contribution >= 4 is 28.4 Å². The smallest absolute Gasteiger partial charge is 0.289 e. The first kappa shape index (κ1) is 19.9. The lowest BCUT2D eigenvalue weighted by molar-refractivity contribution is -0.135. The van der Waals surface area contributed by atoms with Crippen molar-refractivity contribution in [3.05, 3.63) is 54.1 Å². The average Bonchev–Trinajstić information content (AvgIpc) is 3.41. The Labute approximate surface area is 174 Å². The summed E-state index contributed by atoms with van der Waals surface area (Å²) in [6, 6.07) is 7.65. The van der Waals surface area contributed by atoms with Crippen molar-refractivity contribution in [3.63, 3.8) is 0 Å². The fourth-order valence-corrected chi connectivity index (χ4v) is 3.71. The predicted octanol–water partition coefficient (Wildman–Crippen LogP) is 2.68. The van der Waals surface area contributed by atoms with E-state index in [1.807, 2.05) is 30.0 Å². The lowest BCUT2D eigenvalue weighted by atomic mass is 9.98. The highest BCUT2D eigenvalue weighted by Gasteiger charge is 2.24. The van der Waals surface area contributed by atoms with E-state index >= 15 is 0 Å². The van der Waals surface area contributed by atoms with Gasteiger partial charge in [-0.05, 0) is 35.8 Å². The van der Waals surface area contributed by atoms with Gasteiger partial charge in [-0.25, -0.2) is 0 Å². The Bertz CT molecular complexity index is 1100. The molecule has 156 valence electrons. The van der Waals surface area contributed by atoms with E-state index in [4.69, 9.17) is 4.42 Å². The second-order valence-electron chi connectivity index (χ2n) is 7.87. The molecule has 2 amide bonds. The van der Waals surface area contributed by atoms with Crippen LogP contribution in [0.3, 0.4) is 0 Å². The maximum atomic E-state index is 12.9. The van der Waals surface area contributed by atoms with Crippen molar-refractivity contribution in [1.29, 1.82) is 0 Å². The van der Waals surface area contributed by atoms with Crippen LogP contribution < -0.4 is 0 Å². The van der Waals surface area contributed by atoms with Gasteiger partial charge in [0.2, 0.25) is 5.91 Å². The summed E-state index contributed by atoms with van der Waals surface area (Å²) >= 11 is 0. The maximum absolute atomic E-state index is 12.9. The van der Waals surface area contributed by atoms with Crippen molar-refractivity contribution in [2.24, 2.45) is 5.92 Å². The van der Waals surface area contributed by atoms with Gasteiger partial charge >= 0.3 is 0 Å². The number of hydrogen-bond acceptors (Lipinski definition) is 5. The zero-order valence-electron chi connectivity index (χ0n) is 17.4. The Hall–Kier alpha value is -3.42. The van der Waals surface area contributed by atoms with Crippen LogP contribution in [0.5, 0.6) is 0 Å². The van der Waals surface area contributed by atoms with Crippen LogP contribution in [-0.2, 0) is 11.3 Å². The van der Waals surface area contributed by atoms with Crippen LogP contribution in [0.25, 0.3) is 16.5 Å². The topological polar surface area (TPSA) is 84.5 Å². The summed E-state index contributed by atoms with van der Waals surface area (Å²) in [6.07, 6.45) is 6.37. The molecule has 0 bridgehead atoms. The largest absolute Gasteiger partial charge is 0.451 e. The van der Waals surface area contributed by atoms with Crippen LogP contribution in [0, 0.1) is 5.92 Å². The molecule has 0 N–H and O–H groups in total. The minimum Gasteiger partial charge on any atom is -0.451 e. The quantitative estimate of drug-likeness (QED) is 0.649. The van der Waals surface area contributed by atoms with Crippen LogP contribution in [-0.4, -0.2) is 63.8 Å². The second kappa shape index (κ2) is 8.14. The van der Waals surface area contributed by atoms with Crippen LogP contribution in [0.2, 0.25) is 0 Å². The molecule has 0 unspecified atom stereocenters. The summed E-state index contributed by atoms with van der Waals surface area (Å²) in [6.45, 7) is 3.70. The van der Waals surface area contributed by atoms with E-state index in [0.717, 1.165) is 22.9 Å². The molecule has 1 atom stereocenters. The molecule has 1 aliphatic heterocycles. The molecule has 0 radical (unpaired) electrons. The Morgan fingerprint density at radius 3 is 2.83 bits per heavy atom. The highest BCUT2D eigenvalue weighted by molar-refractivity contribution is 5.96. The van der Waals surface area contributed by atoms with E-state index in [1.165, 1.54) is 4.90 Å². The lowest BCUT2D eigenvalue weighted by Gasteiger charge is -2.30. The van der Waals surface area contributed by atoms with Gasteiger partial charge in [-0.3, -0.25) is 14.3 Å². The van der Waals surface area contributed by atoms with Gasteiger partial charge in [0, 0.05) is 38.8 Å². The standard InChI is InChI=1S/C22H25N5O3/c1-15(13-27-10-8-23-24-27)21(28)26-9-4-5-17(14-26)16-6-7-19-18(11-16)12-20(30-19)22(29)25(2)3/h5-8,10-12,15H,4,9,13-14H2,1-3H3/t15-/m1/s1. The number of nitrogens with zero attached hydrogens (tertiary/aromatic N) is 5. The summed E-state index contributed by atoms with van der Waals surface area (Å²) in [7, 11) is 3.40. The average molecular weight is 407 g/mol. The third kappa shape index (κ3) is 3.98. The van der Waals surface area contributed by atoms with E-state index in [9.17, 15) is 9.59 Å². The molecule has 0 aliphatic carbocycles. The summed E-state index contributed by atoms with van der Waals surface area (Å²) in [5, 5.41) is 8.62. The third-order valence-electron chi connectivity index (χ3n) is 5.32. The molecule has 1 aliphatic rings. The summed E-state index contributed by atoms with van der Waals surface area (Å²) in [5.41, 5.74) is 2.81. The summed E-state index contributed by atoms with van der Waals surface area (Å²) < 4.78 is 7.37. The van der Waals surface area contributed by atoms with E-state index in [1.54, 1.807) is 37.2 Å². The molecule has 3 aromatic rings. The van der Waals surface area contributed by atoms with Crippen LogP contribution in [0.1, 0.15) is 29.5 Å². The number of fused-ring (bicyclic) bond motifs is 1. The number of carbonyl (C=O) groups excluding carboxylic acids is 2. The van der Waals surface area contributed by atoms with Crippen LogP contribution in [0.4, 0.5) is 0 Å². The van der Waals surface area contributed by atoms with Gasteiger partial charge in [-0.1, -0.05) is 24.3 Å². The van der Waals surface area contributed by atoms with Crippen LogP contribution in [0.15, 0.2) is 47.2 Å². The lowest BCUT2D eigenvalue weighted by Crippen LogP contribution is -2.40. The minimum atomic E-state index is -0.179. The number of carbonyl (C=O) groups is 2. The molecule has 8 nitrogen and oxygen atoms in total. The van der Waals surface area contributed by atoms with Crippen molar-refractivity contribution in [2.45, 2.75) is 19.9 Å². The molecular formula is C22H25N5O3. The zero-order valence-corrected chi connectivity index (χ0v) is 17.4. The molecule has 0 spiro atoms. The fourth-order valence-electron chi connectivity index (χ4n) is 3.71. The SMILES string of the molecule is C[C@H](Cn1ccnn1)C(=O)N1CCC=C(c2ccc3oc(C(=O)N(C)C)cc3c2)C1. The highest BCUT2D eigenvalue weighted by Crippen LogP contribution is 2.27. The van der Waals surface area contributed by atoms with Gasteiger partial charge in [0.05, 0.1) is 18.7 Å². The molecule has 0 fully saturated rings. The predicted molar refractivity (Wildman–Crippen MR) is 113 cm³/mol. The summed E-state index contributed by atoms with van der Waals surface area (Å²) in [4.78, 5) is 28.5. The molecule has 4 rings (SSSR count). The van der Waals surface area contributed by atoms with Crippen molar-refractivity contribution in [3.8, 4) is 0 Å². The molecule has 0 saturated heterocycles. The molecule has 30 heavy (non-hydrogen) atoms. The maximum Gasteiger partial charge on any atom is 0.289 e. The first-order valence-electron chi connectivity index (χ1n) is 10.00. The molecule has 1 aromatic carbocycles. The van der Waals surface area contributed by atoms with Crippen LogP contribution >= 0.6 is 0 Å². The minimum absolute atomic E-state index is 0.111. The third-order valence-corrected chi connectivity index (χ3v) is 5.32. The second-order valence-corrected chi connectivity index (χ2v) is 7.87. The Morgan fingerprint density at radius 2 is 2.10 bits per heavy atom. The van der Waals surface area contributed by atoms with Gasteiger partial charge in [0.1, 0.15) is 5.58 Å². The van der Waals surface area contributed by atoms with E-state index in [-0.39, 0.29) is 17.7 Å². The highest BCUT2D eigenvalue weighted by atomic mass is 16.3. The van der Waals surface area contributed by atoms with Gasteiger partial charge in [0.25, 0.3) is 5.91 Å². The molecule has 3 heterocycles. The van der Waals surface area contributed by atoms with E-state index in [0.29, 0.717) is 31.0 Å². The number of rotatable bonds is 5. The van der Waals surface area contributed by atoms with Crippen molar-refractivity contribution in [1.82, 2.24) is 24.8 Å². The Morgan fingerprint density at radius 1 is 1.27 bits per heavy atom. The van der Waals surface area contributed by atoms with E-state index in [2.05, 4.69) is 16.4 Å².